The van der Waals surface area contributed by atoms with Crippen LogP contribution in [0, 0.1) is 6.92 Å². The molecule has 1 aliphatic heterocycles. The third-order valence-electron chi connectivity index (χ3n) is 2.59. The van der Waals surface area contributed by atoms with Gasteiger partial charge in [0, 0.05) is 11.1 Å². The minimum atomic E-state index is -0.0429. The molecule has 1 aliphatic rings. The molecule has 1 fully saturated rings. The highest BCUT2D eigenvalue weighted by Crippen LogP contribution is 2.29. The van der Waals surface area contributed by atoms with Crippen molar-refractivity contribution in [2.75, 3.05) is 0 Å². The van der Waals surface area contributed by atoms with E-state index in [-0.39, 0.29) is 12.1 Å². The Kier molecular flexibility index (Phi) is 2.85. The largest absolute Gasteiger partial charge is 0.373 e. The SMILES string of the molecule is Cc1csc(C(N)C2CCC(C)O2)n1. The van der Waals surface area contributed by atoms with E-state index in [2.05, 4.69) is 11.9 Å². The van der Waals surface area contributed by atoms with E-state index in [1.165, 1.54) is 0 Å². The van der Waals surface area contributed by atoms with Gasteiger partial charge in [0.05, 0.1) is 18.2 Å². The predicted molar refractivity (Wildman–Crippen MR) is 57.3 cm³/mol. The molecule has 1 aromatic rings. The van der Waals surface area contributed by atoms with Crippen LogP contribution in [0.3, 0.4) is 0 Å². The van der Waals surface area contributed by atoms with Gasteiger partial charge in [-0.1, -0.05) is 0 Å². The summed E-state index contributed by atoms with van der Waals surface area (Å²) in [4.78, 5) is 4.39. The number of rotatable bonds is 2. The van der Waals surface area contributed by atoms with E-state index >= 15 is 0 Å². The maximum Gasteiger partial charge on any atom is 0.112 e. The van der Waals surface area contributed by atoms with Gasteiger partial charge in [0.15, 0.2) is 0 Å². The molecule has 0 saturated carbocycles. The van der Waals surface area contributed by atoms with E-state index in [9.17, 15) is 0 Å². The molecule has 3 atom stereocenters. The molecule has 78 valence electrons. The van der Waals surface area contributed by atoms with Crippen LogP contribution in [0.5, 0.6) is 0 Å². The second-order valence-corrected chi connectivity index (χ2v) is 4.81. The van der Waals surface area contributed by atoms with Gasteiger partial charge in [-0.15, -0.1) is 11.3 Å². The Balaban J connectivity index is 2.05. The van der Waals surface area contributed by atoms with Gasteiger partial charge in [-0.3, -0.25) is 0 Å². The van der Waals surface area contributed by atoms with Crippen LogP contribution >= 0.6 is 11.3 Å². The van der Waals surface area contributed by atoms with E-state index < -0.39 is 0 Å². The van der Waals surface area contributed by atoms with Crippen LogP contribution in [0.25, 0.3) is 0 Å². The average Bonchev–Trinajstić information content (AvgIpc) is 2.73. The quantitative estimate of drug-likeness (QED) is 0.816. The lowest BCUT2D eigenvalue weighted by Crippen LogP contribution is -2.26. The standard InChI is InChI=1S/C10H16N2OS/c1-6-5-14-10(12-6)9(11)8-4-3-7(2)13-8/h5,7-9H,3-4,11H2,1-2H3. The van der Waals surface area contributed by atoms with Crippen LogP contribution in [0.2, 0.25) is 0 Å². The first kappa shape index (κ1) is 10.1. The Bertz CT molecular complexity index is 313. The summed E-state index contributed by atoms with van der Waals surface area (Å²) in [6.45, 7) is 4.09. The zero-order valence-electron chi connectivity index (χ0n) is 8.56. The molecule has 1 saturated heterocycles. The Labute approximate surface area is 88.3 Å². The minimum absolute atomic E-state index is 0.0429. The van der Waals surface area contributed by atoms with E-state index in [0.717, 1.165) is 23.5 Å². The second-order valence-electron chi connectivity index (χ2n) is 3.92. The third-order valence-corrected chi connectivity index (χ3v) is 3.65. The van der Waals surface area contributed by atoms with Gasteiger partial charge in [-0.05, 0) is 26.7 Å². The molecular formula is C10H16N2OS. The number of hydrogen-bond donors (Lipinski definition) is 1. The van der Waals surface area contributed by atoms with Gasteiger partial charge in [-0.2, -0.15) is 0 Å². The molecule has 4 heteroatoms. The van der Waals surface area contributed by atoms with Crippen LogP contribution in [0.4, 0.5) is 0 Å². The number of nitrogens with two attached hydrogens (primary N) is 1. The summed E-state index contributed by atoms with van der Waals surface area (Å²) in [5, 5.41) is 3.04. The highest BCUT2D eigenvalue weighted by atomic mass is 32.1. The maximum atomic E-state index is 6.10. The molecule has 14 heavy (non-hydrogen) atoms. The summed E-state index contributed by atoms with van der Waals surface area (Å²) in [6.07, 6.45) is 2.69. The molecule has 0 amide bonds. The van der Waals surface area contributed by atoms with Crippen LogP contribution in [-0.4, -0.2) is 17.2 Å². The molecule has 2 rings (SSSR count). The fourth-order valence-electron chi connectivity index (χ4n) is 1.78. The van der Waals surface area contributed by atoms with E-state index in [0.29, 0.717) is 6.10 Å². The fraction of sp³-hybridized carbons (Fsp3) is 0.700. The minimum Gasteiger partial charge on any atom is -0.373 e. The fourth-order valence-corrected chi connectivity index (χ4v) is 2.63. The Morgan fingerprint density at radius 3 is 2.93 bits per heavy atom. The number of aryl methyl sites for hydroxylation is 1. The van der Waals surface area contributed by atoms with Crippen molar-refractivity contribution in [3.63, 3.8) is 0 Å². The van der Waals surface area contributed by atoms with Crippen molar-refractivity contribution >= 4 is 11.3 Å². The zero-order valence-corrected chi connectivity index (χ0v) is 9.38. The predicted octanol–water partition coefficient (Wildman–Crippen LogP) is 2.02. The van der Waals surface area contributed by atoms with E-state index in [1.54, 1.807) is 11.3 Å². The zero-order chi connectivity index (χ0) is 10.1. The Morgan fingerprint density at radius 1 is 1.64 bits per heavy atom. The summed E-state index contributed by atoms with van der Waals surface area (Å²) in [5.41, 5.74) is 7.15. The van der Waals surface area contributed by atoms with Gasteiger partial charge in [0.2, 0.25) is 0 Å². The highest BCUT2D eigenvalue weighted by molar-refractivity contribution is 7.09. The molecular weight excluding hydrogens is 196 g/mol. The average molecular weight is 212 g/mol. The summed E-state index contributed by atoms with van der Waals surface area (Å²) in [5.74, 6) is 0. The summed E-state index contributed by atoms with van der Waals surface area (Å²) >= 11 is 1.63. The lowest BCUT2D eigenvalue weighted by atomic mass is 10.1. The number of aromatic nitrogens is 1. The lowest BCUT2D eigenvalue weighted by Gasteiger charge is -2.16. The van der Waals surface area contributed by atoms with Crippen molar-refractivity contribution in [1.29, 1.82) is 0 Å². The van der Waals surface area contributed by atoms with E-state index in [1.807, 2.05) is 12.3 Å². The van der Waals surface area contributed by atoms with Gasteiger partial charge < -0.3 is 10.5 Å². The van der Waals surface area contributed by atoms with Crippen LogP contribution in [-0.2, 0) is 4.74 Å². The van der Waals surface area contributed by atoms with Gasteiger partial charge in [-0.25, -0.2) is 4.98 Å². The number of ether oxygens (including phenoxy) is 1. The molecule has 1 aromatic heterocycles. The van der Waals surface area contributed by atoms with Gasteiger partial charge >= 0.3 is 0 Å². The molecule has 0 spiro atoms. The van der Waals surface area contributed by atoms with Crippen molar-refractivity contribution in [2.45, 2.75) is 44.9 Å². The van der Waals surface area contributed by atoms with Gasteiger partial charge in [0.1, 0.15) is 5.01 Å². The van der Waals surface area contributed by atoms with Crippen molar-refractivity contribution in [3.05, 3.63) is 16.1 Å². The van der Waals surface area contributed by atoms with Crippen molar-refractivity contribution in [2.24, 2.45) is 5.73 Å². The molecule has 2 N–H and O–H groups in total. The molecule has 0 radical (unpaired) electrons. The smallest absolute Gasteiger partial charge is 0.112 e. The molecule has 0 aliphatic carbocycles. The van der Waals surface area contributed by atoms with Crippen molar-refractivity contribution < 1.29 is 4.74 Å². The van der Waals surface area contributed by atoms with Crippen LogP contribution in [0.15, 0.2) is 5.38 Å². The Hall–Kier alpha value is -0.450. The van der Waals surface area contributed by atoms with Crippen LogP contribution < -0.4 is 5.73 Å². The highest BCUT2D eigenvalue weighted by Gasteiger charge is 2.29. The molecule has 3 unspecified atom stereocenters. The number of nitrogens with zero attached hydrogens (tertiary/aromatic N) is 1. The lowest BCUT2D eigenvalue weighted by molar-refractivity contribution is 0.0401. The maximum absolute atomic E-state index is 6.10. The monoisotopic (exact) mass is 212 g/mol. The molecule has 0 aromatic carbocycles. The topological polar surface area (TPSA) is 48.1 Å². The molecule has 3 nitrogen and oxygen atoms in total. The third kappa shape index (κ3) is 1.97. The first-order chi connectivity index (χ1) is 6.66. The summed E-state index contributed by atoms with van der Waals surface area (Å²) < 4.78 is 5.73. The molecule has 2 heterocycles. The first-order valence-corrected chi connectivity index (χ1v) is 5.88. The number of thiazole rings is 1. The normalized spacial score (nSPS) is 29.4. The number of hydrogen-bond acceptors (Lipinski definition) is 4. The Morgan fingerprint density at radius 2 is 2.43 bits per heavy atom. The second kappa shape index (κ2) is 3.96. The van der Waals surface area contributed by atoms with E-state index in [4.69, 9.17) is 10.5 Å². The summed E-state index contributed by atoms with van der Waals surface area (Å²) in [6, 6.07) is -0.0429. The van der Waals surface area contributed by atoms with Gasteiger partial charge in [0.25, 0.3) is 0 Å². The molecule has 0 bridgehead atoms. The summed E-state index contributed by atoms with van der Waals surface area (Å²) in [7, 11) is 0. The van der Waals surface area contributed by atoms with Crippen molar-refractivity contribution in [3.8, 4) is 0 Å². The first-order valence-electron chi connectivity index (χ1n) is 5.00. The van der Waals surface area contributed by atoms with Crippen molar-refractivity contribution in [1.82, 2.24) is 4.98 Å². The van der Waals surface area contributed by atoms with Crippen LogP contribution in [0.1, 0.15) is 36.5 Å².